The molecule has 2 N–H and O–H groups in total. The number of aryl methyl sites for hydroxylation is 1. The lowest BCUT2D eigenvalue weighted by Gasteiger charge is -2.44. The molecule has 0 unspecified atom stereocenters. The predicted molar refractivity (Wildman–Crippen MR) is 126 cm³/mol. The summed E-state index contributed by atoms with van der Waals surface area (Å²) in [5, 5.41) is 3.16. The topological polar surface area (TPSA) is 99.8 Å². The number of furan rings is 1. The van der Waals surface area contributed by atoms with Gasteiger partial charge in [0.2, 0.25) is 0 Å². The van der Waals surface area contributed by atoms with E-state index < -0.39 is 10.1 Å². The summed E-state index contributed by atoms with van der Waals surface area (Å²) in [6.07, 6.45) is 2.39. The summed E-state index contributed by atoms with van der Waals surface area (Å²) < 4.78 is 35.3. The average molecular weight is 469 g/mol. The standard InChI is InChI=1S/C18H20N2O2.C7H8O3S/c21-18(19-15-12-20-10-8-13(15)9-11-20)17-7-6-16(22-17)14-4-2-1-3-5-14;1-6-2-4-7(5-3-6)11(8,9)10/h1-7,13,15H,8-12H2,(H,19,21);2-5H,1H3,(H,8,9,10)/t15-;/m0./s1. The number of benzene rings is 2. The van der Waals surface area contributed by atoms with Crippen molar-refractivity contribution in [1.82, 2.24) is 10.2 Å². The van der Waals surface area contributed by atoms with Gasteiger partial charge >= 0.3 is 0 Å². The summed E-state index contributed by atoms with van der Waals surface area (Å²) in [6.45, 7) is 5.17. The number of amides is 1. The van der Waals surface area contributed by atoms with Crippen molar-refractivity contribution >= 4 is 16.0 Å². The average Bonchev–Trinajstić information content (AvgIpc) is 3.31. The van der Waals surface area contributed by atoms with Gasteiger partial charge in [-0.15, -0.1) is 0 Å². The van der Waals surface area contributed by atoms with E-state index in [-0.39, 0.29) is 16.8 Å². The van der Waals surface area contributed by atoms with E-state index >= 15 is 0 Å². The maximum absolute atomic E-state index is 12.4. The van der Waals surface area contributed by atoms with Crippen molar-refractivity contribution in [3.8, 4) is 11.3 Å². The molecular weight excluding hydrogens is 440 g/mol. The van der Waals surface area contributed by atoms with Crippen LogP contribution in [0.2, 0.25) is 0 Å². The predicted octanol–water partition coefficient (Wildman–Crippen LogP) is 4.01. The molecule has 0 spiro atoms. The van der Waals surface area contributed by atoms with Gasteiger partial charge in [0.15, 0.2) is 5.76 Å². The molecule has 3 aliphatic heterocycles. The molecule has 6 rings (SSSR count). The quantitative estimate of drug-likeness (QED) is 0.561. The zero-order valence-corrected chi connectivity index (χ0v) is 19.3. The Balaban J connectivity index is 0.000000200. The van der Waals surface area contributed by atoms with Crippen LogP contribution >= 0.6 is 0 Å². The van der Waals surface area contributed by atoms with Gasteiger partial charge in [0.05, 0.1) is 4.90 Å². The molecule has 174 valence electrons. The molecule has 0 aliphatic carbocycles. The molecule has 3 saturated heterocycles. The Morgan fingerprint density at radius 1 is 1.00 bits per heavy atom. The van der Waals surface area contributed by atoms with E-state index in [4.69, 9.17) is 8.97 Å². The van der Waals surface area contributed by atoms with Gasteiger partial charge in [0, 0.05) is 18.2 Å². The van der Waals surface area contributed by atoms with Crippen LogP contribution in [0.5, 0.6) is 0 Å². The van der Waals surface area contributed by atoms with Crippen molar-refractivity contribution in [3.63, 3.8) is 0 Å². The summed E-state index contributed by atoms with van der Waals surface area (Å²) in [5.74, 6) is 1.66. The van der Waals surface area contributed by atoms with E-state index in [0.29, 0.717) is 11.7 Å². The van der Waals surface area contributed by atoms with Crippen molar-refractivity contribution in [2.24, 2.45) is 5.92 Å². The highest BCUT2D eigenvalue weighted by molar-refractivity contribution is 7.85. The summed E-state index contributed by atoms with van der Waals surface area (Å²) >= 11 is 0. The lowest BCUT2D eigenvalue weighted by atomic mass is 9.84. The lowest BCUT2D eigenvalue weighted by Crippen LogP contribution is -2.57. The first-order valence-electron chi connectivity index (χ1n) is 11.0. The number of nitrogens with one attached hydrogen (secondary N) is 1. The van der Waals surface area contributed by atoms with Crippen LogP contribution in [-0.4, -0.2) is 49.5 Å². The number of nitrogens with zero attached hydrogens (tertiary/aromatic N) is 1. The summed E-state index contributed by atoms with van der Waals surface area (Å²) in [7, 11) is -4.02. The second kappa shape index (κ2) is 9.91. The van der Waals surface area contributed by atoms with Crippen LogP contribution in [0.3, 0.4) is 0 Å². The molecule has 7 nitrogen and oxygen atoms in total. The number of carbonyl (C=O) groups excluding carboxylic acids is 1. The number of carbonyl (C=O) groups is 1. The van der Waals surface area contributed by atoms with Crippen LogP contribution in [-0.2, 0) is 10.1 Å². The zero-order valence-electron chi connectivity index (χ0n) is 18.5. The number of fused-ring (bicyclic) bond motifs is 3. The highest BCUT2D eigenvalue weighted by Gasteiger charge is 2.35. The van der Waals surface area contributed by atoms with Crippen LogP contribution in [0.25, 0.3) is 11.3 Å². The summed E-state index contributed by atoms with van der Waals surface area (Å²) in [4.78, 5) is 14.8. The van der Waals surface area contributed by atoms with E-state index in [0.717, 1.165) is 23.4 Å². The first kappa shape index (κ1) is 23.2. The number of hydrogen-bond acceptors (Lipinski definition) is 5. The SMILES string of the molecule is Cc1ccc(S(=O)(=O)O)cc1.O=C(N[C@H]1CN2CCC1CC2)c1ccc(-c2ccccc2)o1. The third kappa shape index (κ3) is 5.90. The van der Waals surface area contributed by atoms with Crippen LogP contribution in [0.1, 0.15) is 29.0 Å². The summed E-state index contributed by atoms with van der Waals surface area (Å²) in [5.41, 5.74) is 1.95. The smallest absolute Gasteiger partial charge is 0.294 e. The number of hydrogen-bond donors (Lipinski definition) is 2. The first-order chi connectivity index (χ1) is 15.8. The molecule has 1 atom stereocenters. The van der Waals surface area contributed by atoms with Crippen LogP contribution < -0.4 is 5.32 Å². The molecule has 3 aromatic rings. The minimum absolute atomic E-state index is 0.0666. The third-order valence-electron chi connectivity index (χ3n) is 6.18. The van der Waals surface area contributed by atoms with Gasteiger partial charge in [0.25, 0.3) is 16.0 Å². The van der Waals surface area contributed by atoms with Crippen molar-refractivity contribution < 1.29 is 22.2 Å². The largest absolute Gasteiger partial charge is 0.451 e. The monoisotopic (exact) mass is 468 g/mol. The molecule has 2 bridgehead atoms. The van der Waals surface area contributed by atoms with E-state index in [9.17, 15) is 13.2 Å². The molecule has 3 aliphatic rings. The second-order valence-electron chi connectivity index (χ2n) is 8.54. The van der Waals surface area contributed by atoms with Gasteiger partial charge in [-0.1, -0.05) is 48.0 Å². The molecule has 1 amide bonds. The molecule has 3 fully saturated rings. The van der Waals surface area contributed by atoms with E-state index in [1.807, 2.05) is 43.3 Å². The molecule has 4 heterocycles. The lowest BCUT2D eigenvalue weighted by molar-refractivity contribution is 0.0606. The molecule has 2 aromatic carbocycles. The highest BCUT2D eigenvalue weighted by Crippen LogP contribution is 2.28. The van der Waals surface area contributed by atoms with Crippen molar-refractivity contribution in [3.05, 3.63) is 78.1 Å². The number of piperidine rings is 3. The van der Waals surface area contributed by atoms with Gasteiger partial charge in [-0.2, -0.15) is 8.42 Å². The van der Waals surface area contributed by atoms with Crippen LogP contribution in [0.4, 0.5) is 0 Å². The Hall–Kier alpha value is -2.94. The maximum Gasteiger partial charge on any atom is 0.294 e. The van der Waals surface area contributed by atoms with Crippen LogP contribution in [0, 0.1) is 12.8 Å². The van der Waals surface area contributed by atoms with Crippen molar-refractivity contribution in [1.29, 1.82) is 0 Å². The fraction of sp³-hybridized carbons (Fsp3) is 0.320. The van der Waals surface area contributed by atoms with Crippen molar-refractivity contribution in [2.75, 3.05) is 19.6 Å². The summed E-state index contributed by atoms with van der Waals surface area (Å²) in [6, 6.07) is 19.7. The Morgan fingerprint density at radius 2 is 1.67 bits per heavy atom. The first-order valence-corrected chi connectivity index (χ1v) is 12.5. The van der Waals surface area contributed by atoms with Crippen LogP contribution in [0.15, 0.2) is 76.0 Å². The van der Waals surface area contributed by atoms with Gasteiger partial charge in [-0.25, -0.2) is 0 Å². The van der Waals surface area contributed by atoms with Crippen molar-refractivity contribution in [2.45, 2.75) is 30.7 Å². The van der Waals surface area contributed by atoms with E-state index in [1.54, 1.807) is 18.2 Å². The normalized spacial score (nSPS) is 21.7. The minimum Gasteiger partial charge on any atom is -0.451 e. The van der Waals surface area contributed by atoms with Gasteiger partial charge in [0.1, 0.15) is 5.76 Å². The highest BCUT2D eigenvalue weighted by atomic mass is 32.2. The molecular formula is C25H28N2O5S. The molecule has 33 heavy (non-hydrogen) atoms. The fourth-order valence-corrected chi connectivity index (χ4v) is 4.78. The fourth-order valence-electron chi connectivity index (χ4n) is 4.30. The Kier molecular flexibility index (Phi) is 6.97. The van der Waals surface area contributed by atoms with Gasteiger partial charge in [-0.3, -0.25) is 9.35 Å². The Labute approximate surface area is 194 Å². The van der Waals surface area contributed by atoms with Gasteiger partial charge < -0.3 is 14.6 Å². The molecule has 1 aromatic heterocycles. The maximum atomic E-state index is 12.4. The minimum atomic E-state index is -4.02. The van der Waals surface area contributed by atoms with Gasteiger partial charge in [-0.05, 0) is 63.0 Å². The molecule has 0 radical (unpaired) electrons. The molecule has 8 heteroatoms. The second-order valence-corrected chi connectivity index (χ2v) is 9.96. The Morgan fingerprint density at radius 3 is 2.24 bits per heavy atom. The number of rotatable bonds is 4. The Bertz CT molecular complexity index is 1180. The molecule has 0 saturated carbocycles. The third-order valence-corrected chi connectivity index (χ3v) is 7.05. The van der Waals surface area contributed by atoms with E-state index in [1.165, 1.54) is 38.1 Å². The zero-order chi connectivity index (χ0) is 23.4. The van der Waals surface area contributed by atoms with E-state index in [2.05, 4.69) is 10.2 Å².